The maximum absolute atomic E-state index is 9.42. The molecule has 0 spiro atoms. The molecule has 102 valence electrons. The number of rotatable bonds is 3. The van der Waals surface area contributed by atoms with Crippen molar-refractivity contribution in [1.82, 2.24) is 15.0 Å². The van der Waals surface area contributed by atoms with Gasteiger partial charge in [0, 0.05) is 35.6 Å². The quantitative estimate of drug-likeness (QED) is 0.746. The number of fused-ring (bicyclic) bond motifs is 1. The van der Waals surface area contributed by atoms with Crippen molar-refractivity contribution in [3.63, 3.8) is 0 Å². The van der Waals surface area contributed by atoms with Gasteiger partial charge in [-0.2, -0.15) is 10.2 Å². The lowest BCUT2D eigenvalue weighted by Gasteiger charge is -2.00. The number of pyridine rings is 2. The van der Waals surface area contributed by atoms with Crippen molar-refractivity contribution in [2.24, 2.45) is 0 Å². The van der Waals surface area contributed by atoms with Crippen LogP contribution in [0, 0.1) is 11.3 Å². The molecule has 0 radical (unpaired) electrons. The van der Waals surface area contributed by atoms with Crippen molar-refractivity contribution in [2.75, 3.05) is 7.11 Å². The van der Waals surface area contributed by atoms with Crippen molar-refractivity contribution in [3.05, 3.63) is 54.0 Å². The lowest BCUT2D eigenvalue weighted by Crippen LogP contribution is -1.87. The van der Waals surface area contributed by atoms with Crippen molar-refractivity contribution >= 4 is 22.7 Å². The van der Waals surface area contributed by atoms with Gasteiger partial charge in [-0.25, -0.2) is 0 Å². The molecule has 5 nitrogen and oxygen atoms in total. The summed E-state index contributed by atoms with van der Waals surface area (Å²) in [5.41, 5.74) is 2.94. The Labute approximate surface area is 121 Å². The average Bonchev–Trinajstić information content (AvgIpc) is 2.96. The van der Waals surface area contributed by atoms with Gasteiger partial charge in [0.2, 0.25) is 5.88 Å². The van der Waals surface area contributed by atoms with E-state index in [4.69, 9.17) is 4.74 Å². The highest BCUT2D eigenvalue weighted by atomic mass is 16.5. The van der Waals surface area contributed by atoms with Gasteiger partial charge in [-0.15, -0.1) is 0 Å². The summed E-state index contributed by atoms with van der Waals surface area (Å²) >= 11 is 0. The topological polar surface area (TPSA) is 74.6 Å². The fraction of sp³-hybridized carbons (Fsp3) is 0.0625. The summed E-state index contributed by atoms with van der Waals surface area (Å²) in [4.78, 5) is 11.4. The molecule has 0 amide bonds. The van der Waals surface area contributed by atoms with E-state index in [1.54, 1.807) is 37.8 Å². The van der Waals surface area contributed by atoms with Crippen molar-refractivity contribution in [3.8, 4) is 11.9 Å². The number of aromatic amines is 1. The largest absolute Gasteiger partial charge is 0.481 e. The highest BCUT2D eigenvalue weighted by Crippen LogP contribution is 2.26. The van der Waals surface area contributed by atoms with Gasteiger partial charge in [0.25, 0.3) is 0 Å². The van der Waals surface area contributed by atoms with E-state index in [1.807, 2.05) is 18.2 Å². The highest BCUT2D eigenvalue weighted by Gasteiger charge is 2.10. The summed E-state index contributed by atoms with van der Waals surface area (Å²) in [7, 11) is 1.57. The minimum atomic E-state index is 0.533. The Kier molecular flexibility index (Phi) is 3.36. The minimum absolute atomic E-state index is 0.533. The predicted molar refractivity (Wildman–Crippen MR) is 80.4 cm³/mol. The van der Waals surface area contributed by atoms with E-state index in [2.05, 4.69) is 21.0 Å². The second kappa shape index (κ2) is 5.47. The molecule has 0 unspecified atom stereocenters. The number of hydrogen-bond donors (Lipinski definition) is 1. The van der Waals surface area contributed by atoms with Crippen LogP contribution in [0.2, 0.25) is 0 Å². The third-order valence-corrected chi connectivity index (χ3v) is 3.13. The van der Waals surface area contributed by atoms with E-state index in [9.17, 15) is 5.26 Å². The molecule has 3 aromatic rings. The van der Waals surface area contributed by atoms with Crippen LogP contribution >= 0.6 is 0 Å². The molecule has 21 heavy (non-hydrogen) atoms. The number of hydrogen-bond acceptors (Lipinski definition) is 4. The summed E-state index contributed by atoms with van der Waals surface area (Å²) in [6.07, 6.45) is 7.00. The monoisotopic (exact) mass is 276 g/mol. The minimum Gasteiger partial charge on any atom is -0.481 e. The molecule has 0 saturated heterocycles. The van der Waals surface area contributed by atoms with E-state index < -0.39 is 0 Å². The van der Waals surface area contributed by atoms with Gasteiger partial charge in [-0.3, -0.25) is 4.98 Å². The van der Waals surface area contributed by atoms with Crippen LogP contribution in [-0.2, 0) is 0 Å². The zero-order chi connectivity index (χ0) is 14.7. The molecule has 3 heterocycles. The van der Waals surface area contributed by atoms with Gasteiger partial charge in [0.05, 0.1) is 18.8 Å². The van der Waals surface area contributed by atoms with Gasteiger partial charge >= 0.3 is 0 Å². The standard InChI is InChI=1S/C16H12N4O/c1-21-15-5-4-13-14(10-19-16(13)20-15)12(8-17)7-11-3-2-6-18-9-11/h2-7,9-10H,1H3,(H,19,20). The molecular formula is C16H12N4O. The lowest BCUT2D eigenvalue weighted by molar-refractivity contribution is 0.399. The maximum Gasteiger partial charge on any atom is 0.214 e. The van der Waals surface area contributed by atoms with Crippen molar-refractivity contribution < 1.29 is 4.74 Å². The fourth-order valence-electron chi connectivity index (χ4n) is 2.12. The normalized spacial score (nSPS) is 11.3. The molecule has 0 saturated carbocycles. The Morgan fingerprint density at radius 3 is 3.00 bits per heavy atom. The molecule has 0 aliphatic heterocycles. The molecule has 0 atom stereocenters. The first kappa shape index (κ1) is 12.9. The van der Waals surface area contributed by atoms with Crippen LogP contribution in [0.3, 0.4) is 0 Å². The Morgan fingerprint density at radius 2 is 2.29 bits per heavy atom. The number of ether oxygens (including phenoxy) is 1. The van der Waals surface area contributed by atoms with Crippen LogP contribution in [0.4, 0.5) is 0 Å². The number of allylic oxidation sites excluding steroid dienone is 1. The Balaban J connectivity index is 2.10. The van der Waals surface area contributed by atoms with E-state index >= 15 is 0 Å². The van der Waals surface area contributed by atoms with Gasteiger partial charge in [0.1, 0.15) is 5.65 Å². The number of methoxy groups -OCH3 is 1. The molecule has 5 heteroatoms. The zero-order valence-corrected chi connectivity index (χ0v) is 11.4. The van der Waals surface area contributed by atoms with Gasteiger partial charge in [0.15, 0.2) is 0 Å². The van der Waals surface area contributed by atoms with Gasteiger partial charge < -0.3 is 9.72 Å². The van der Waals surface area contributed by atoms with Crippen LogP contribution < -0.4 is 4.74 Å². The van der Waals surface area contributed by atoms with E-state index in [0.29, 0.717) is 17.1 Å². The predicted octanol–water partition coefficient (Wildman–Crippen LogP) is 3.03. The molecule has 0 aliphatic carbocycles. The molecule has 0 aromatic carbocycles. The zero-order valence-electron chi connectivity index (χ0n) is 11.4. The van der Waals surface area contributed by atoms with Crippen LogP contribution in [0.1, 0.15) is 11.1 Å². The molecular weight excluding hydrogens is 264 g/mol. The number of nitrogens with zero attached hydrogens (tertiary/aromatic N) is 3. The van der Waals surface area contributed by atoms with Crippen LogP contribution in [0.25, 0.3) is 22.7 Å². The molecule has 3 aromatic heterocycles. The third-order valence-electron chi connectivity index (χ3n) is 3.13. The van der Waals surface area contributed by atoms with Crippen LogP contribution in [-0.4, -0.2) is 22.1 Å². The second-order valence-electron chi connectivity index (χ2n) is 4.41. The molecule has 0 bridgehead atoms. The average molecular weight is 276 g/mol. The molecule has 3 rings (SSSR count). The first-order chi connectivity index (χ1) is 10.3. The Bertz CT molecular complexity index is 844. The van der Waals surface area contributed by atoms with Crippen LogP contribution in [0.5, 0.6) is 5.88 Å². The molecule has 1 N–H and O–H groups in total. The molecule has 0 fully saturated rings. The second-order valence-corrected chi connectivity index (χ2v) is 4.41. The van der Waals surface area contributed by atoms with Gasteiger partial charge in [-0.1, -0.05) is 6.07 Å². The SMILES string of the molecule is COc1ccc2c(C(C#N)=Cc3cccnc3)c[nH]c2n1. The van der Waals surface area contributed by atoms with Crippen molar-refractivity contribution in [1.29, 1.82) is 5.26 Å². The number of nitriles is 1. The number of aromatic nitrogens is 3. The smallest absolute Gasteiger partial charge is 0.214 e. The summed E-state index contributed by atoms with van der Waals surface area (Å²) in [5.74, 6) is 0.533. The Hall–Kier alpha value is -3.13. The van der Waals surface area contributed by atoms with Gasteiger partial charge in [-0.05, 0) is 23.8 Å². The first-order valence-corrected chi connectivity index (χ1v) is 6.36. The van der Waals surface area contributed by atoms with E-state index in [1.165, 1.54) is 0 Å². The summed E-state index contributed by atoms with van der Waals surface area (Å²) in [6, 6.07) is 9.63. The summed E-state index contributed by atoms with van der Waals surface area (Å²) in [5, 5.41) is 10.3. The molecule has 0 aliphatic rings. The van der Waals surface area contributed by atoms with Crippen molar-refractivity contribution in [2.45, 2.75) is 0 Å². The highest BCUT2D eigenvalue weighted by molar-refractivity contribution is 6.00. The van der Waals surface area contributed by atoms with Crippen LogP contribution in [0.15, 0.2) is 42.9 Å². The summed E-state index contributed by atoms with van der Waals surface area (Å²) in [6.45, 7) is 0. The number of H-pyrrole nitrogens is 1. The van der Waals surface area contributed by atoms with E-state index in [0.717, 1.165) is 16.5 Å². The Morgan fingerprint density at radius 1 is 1.38 bits per heavy atom. The first-order valence-electron chi connectivity index (χ1n) is 6.36. The van der Waals surface area contributed by atoms with E-state index in [-0.39, 0.29) is 0 Å². The number of nitrogens with one attached hydrogen (secondary N) is 1. The lowest BCUT2D eigenvalue weighted by atomic mass is 10.0. The summed E-state index contributed by atoms with van der Waals surface area (Å²) < 4.78 is 5.10. The third kappa shape index (κ3) is 2.47. The maximum atomic E-state index is 9.42. The fourth-order valence-corrected chi connectivity index (χ4v) is 2.12.